The van der Waals surface area contributed by atoms with Gasteiger partial charge in [0.05, 0.1) is 10.6 Å². The molecule has 34 heavy (non-hydrogen) atoms. The summed E-state index contributed by atoms with van der Waals surface area (Å²) < 4.78 is 5.30. The molecule has 1 aliphatic rings. The first-order valence-electron chi connectivity index (χ1n) is 10.1. The Morgan fingerprint density at radius 2 is 1.59 bits per heavy atom. The zero-order chi connectivity index (χ0) is 24.1. The van der Waals surface area contributed by atoms with Crippen LogP contribution in [0.15, 0.2) is 72.8 Å². The van der Waals surface area contributed by atoms with Crippen LogP contribution >= 0.6 is 0 Å². The molecule has 0 spiro atoms. The maximum Gasteiger partial charge on any atom is 0.323 e. The van der Waals surface area contributed by atoms with Gasteiger partial charge < -0.3 is 20.7 Å². The van der Waals surface area contributed by atoms with Crippen LogP contribution in [-0.2, 0) is 9.59 Å². The van der Waals surface area contributed by atoms with Crippen LogP contribution in [0.5, 0.6) is 5.75 Å². The molecule has 0 aromatic heterocycles. The van der Waals surface area contributed by atoms with Crippen molar-refractivity contribution in [1.29, 1.82) is 0 Å². The minimum absolute atomic E-state index is 0.147. The predicted molar refractivity (Wildman–Crippen MR) is 125 cm³/mol. The average Bonchev–Trinajstić information content (AvgIpc) is 2.81. The zero-order valence-electron chi connectivity index (χ0n) is 17.7. The summed E-state index contributed by atoms with van der Waals surface area (Å²) in [7, 11) is 0. The molecule has 0 saturated heterocycles. The SMILES string of the molecule is O=C(CN1C(=O)COc2ccc([N+](=O)[O-])cc21)Nc1cccc(NC(=O)Nc2ccccc2)c1. The van der Waals surface area contributed by atoms with E-state index in [1.807, 2.05) is 6.07 Å². The molecule has 0 atom stereocenters. The molecule has 1 aliphatic heterocycles. The number of anilines is 4. The third kappa shape index (κ3) is 5.27. The Bertz CT molecular complexity index is 1260. The topological polar surface area (TPSA) is 143 Å². The molecule has 0 unspecified atom stereocenters. The Hall–Kier alpha value is -4.93. The Morgan fingerprint density at radius 3 is 2.32 bits per heavy atom. The predicted octanol–water partition coefficient (Wildman–Crippen LogP) is 3.60. The summed E-state index contributed by atoms with van der Waals surface area (Å²) in [6, 6.07) is 18.8. The van der Waals surface area contributed by atoms with Gasteiger partial charge in [0.25, 0.3) is 11.6 Å². The van der Waals surface area contributed by atoms with Crippen LogP contribution in [0.4, 0.5) is 33.2 Å². The monoisotopic (exact) mass is 461 g/mol. The number of rotatable bonds is 6. The molecule has 3 aromatic rings. The molecule has 1 heterocycles. The molecule has 0 bridgehead atoms. The van der Waals surface area contributed by atoms with E-state index in [9.17, 15) is 24.5 Å². The number of carbonyl (C=O) groups is 3. The highest BCUT2D eigenvalue weighted by Crippen LogP contribution is 2.35. The fourth-order valence-corrected chi connectivity index (χ4v) is 3.31. The molecular weight excluding hydrogens is 442 g/mol. The zero-order valence-corrected chi connectivity index (χ0v) is 17.7. The van der Waals surface area contributed by atoms with Gasteiger partial charge in [0.2, 0.25) is 5.91 Å². The number of nitrogens with one attached hydrogen (secondary N) is 3. The molecular formula is C23H19N5O6. The van der Waals surface area contributed by atoms with Crippen molar-refractivity contribution in [2.75, 3.05) is 34.0 Å². The van der Waals surface area contributed by atoms with E-state index in [-0.39, 0.29) is 30.3 Å². The van der Waals surface area contributed by atoms with Crippen molar-refractivity contribution in [3.05, 3.63) is 82.9 Å². The van der Waals surface area contributed by atoms with Crippen LogP contribution in [0, 0.1) is 10.1 Å². The third-order valence-corrected chi connectivity index (χ3v) is 4.83. The summed E-state index contributed by atoms with van der Waals surface area (Å²) in [5, 5.41) is 19.1. The van der Waals surface area contributed by atoms with Gasteiger partial charge in [-0.1, -0.05) is 24.3 Å². The Kier molecular flexibility index (Phi) is 6.35. The van der Waals surface area contributed by atoms with Crippen LogP contribution in [0.2, 0.25) is 0 Å². The molecule has 3 N–H and O–H groups in total. The normalized spacial score (nSPS) is 12.2. The Morgan fingerprint density at radius 1 is 0.912 bits per heavy atom. The third-order valence-electron chi connectivity index (χ3n) is 4.83. The maximum atomic E-state index is 12.7. The lowest BCUT2D eigenvalue weighted by Crippen LogP contribution is -2.43. The highest BCUT2D eigenvalue weighted by molar-refractivity contribution is 6.05. The number of non-ortho nitro benzene ring substituents is 1. The van der Waals surface area contributed by atoms with Gasteiger partial charge in [0, 0.05) is 29.2 Å². The lowest BCUT2D eigenvalue weighted by molar-refractivity contribution is -0.384. The Balaban J connectivity index is 1.42. The standard InChI is InChI=1S/C23H19N5O6/c29-21(13-27-19-12-18(28(32)33)9-10-20(19)34-14-22(27)30)24-16-7-4-8-17(11-16)26-23(31)25-15-5-2-1-3-6-15/h1-12H,13-14H2,(H,24,29)(H2,25,26,31). The first-order chi connectivity index (χ1) is 16.4. The van der Waals surface area contributed by atoms with E-state index in [0.29, 0.717) is 17.1 Å². The fourth-order valence-electron chi connectivity index (χ4n) is 3.31. The van der Waals surface area contributed by atoms with Crippen molar-refractivity contribution in [2.45, 2.75) is 0 Å². The highest BCUT2D eigenvalue weighted by Gasteiger charge is 2.29. The first kappa shape index (κ1) is 22.3. The van der Waals surface area contributed by atoms with E-state index in [4.69, 9.17) is 4.74 Å². The molecule has 0 fully saturated rings. The lowest BCUT2D eigenvalue weighted by atomic mass is 10.2. The van der Waals surface area contributed by atoms with Gasteiger partial charge in [-0.15, -0.1) is 0 Å². The van der Waals surface area contributed by atoms with Crippen molar-refractivity contribution in [1.82, 2.24) is 0 Å². The van der Waals surface area contributed by atoms with E-state index in [1.165, 1.54) is 18.2 Å². The van der Waals surface area contributed by atoms with Gasteiger partial charge in [-0.3, -0.25) is 24.6 Å². The number of benzene rings is 3. The number of nitro groups is 1. The summed E-state index contributed by atoms with van der Waals surface area (Å²) in [5.41, 5.74) is 1.38. The van der Waals surface area contributed by atoms with Gasteiger partial charge in [0.1, 0.15) is 12.3 Å². The largest absolute Gasteiger partial charge is 0.482 e. The number of amides is 4. The Labute approximate surface area is 193 Å². The molecule has 0 aliphatic carbocycles. The minimum Gasteiger partial charge on any atom is -0.482 e. The number of urea groups is 1. The molecule has 11 nitrogen and oxygen atoms in total. The summed E-state index contributed by atoms with van der Waals surface area (Å²) in [6.07, 6.45) is 0. The number of carbonyl (C=O) groups excluding carboxylic acids is 3. The van der Waals surface area contributed by atoms with E-state index in [2.05, 4.69) is 16.0 Å². The molecule has 3 aromatic carbocycles. The van der Waals surface area contributed by atoms with Crippen LogP contribution in [0.3, 0.4) is 0 Å². The van der Waals surface area contributed by atoms with Crippen molar-refractivity contribution >= 4 is 46.3 Å². The average molecular weight is 461 g/mol. The van der Waals surface area contributed by atoms with E-state index < -0.39 is 22.8 Å². The van der Waals surface area contributed by atoms with E-state index >= 15 is 0 Å². The van der Waals surface area contributed by atoms with Crippen molar-refractivity contribution in [3.8, 4) is 5.75 Å². The quantitative estimate of drug-likeness (QED) is 0.378. The molecule has 172 valence electrons. The first-order valence-corrected chi connectivity index (χ1v) is 10.1. The lowest BCUT2D eigenvalue weighted by Gasteiger charge is -2.28. The van der Waals surface area contributed by atoms with Gasteiger partial charge in [-0.25, -0.2) is 4.79 Å². The van der Waals surface area contributed by atoms with Gasteiger partial charge in [0.15, 0.2) is 6.61 Å². The molecule has 11 heteroatoms. The second kappa shape index (κ2) is 9.69. The van der Waals surface area contributed by atoms with Crippen LogP contribution < -0.4 is 25.6 Å². The van der Waals surface area contributed by atoms with Crippen molar-refractivity contribution in [2.24, 2.45) is 0 Å². The maximum absolute atomic E-state index is 12.7. The van der Waals surface area contributed by atoms with Crippen molar-refractivity contribution < 1.29 is 24.0 Å². The van der Waals surface area contributed by atoms with Crippen molar-refractivity contribution in [3.63, 3.8) is 0 Å². The molecule has 4 amide bonds. The summed E-state index contributed by atoms with van der Waals surface area (Å²) >= 11 is 0. The van der Waals surface area contributed by atoms with Crippen LogP contribution in [-0.4, -0.2) is 35.9 Å². The number of nitrogens with zero attached hydrogens (tertiary/aromatic N) is 2. The van der Waals surface area contributed by atoms with Crippen LogP contribution in [0.1, 0.15) is 0 Å². The van der Waals surface area contributed by atoms with E-state index in [1.54, 1.807) is 48.5 Å². The second-order valence-electron chi connectivity index (χ2n) is 7.25. The van der Waals surface area contributed by atoms with Gasteiger partial charge in [-0.2, -0.15) is 0 Å². The number of nitro benzene ring substituents is 1. The minimum atomic E-state index is -0.593. The van der Waals surface area contributed by atoms with Gasteiger partial charge >= 0.3 is 6.03 Å². The molecule has 0 radical (unpaired) electrons. The number of ether oxygens (including phenoxy) is 1. The summed E-state index contributed by atoms with van der Waals surface area (Å²) in [5.74, 6) is -0.761. The smallest absolute Gasteiger partial charge is 0.323 e. The second-order valence-corrected chi connectivity index (χ2v) is 7.25. The van der Waals surface area contributed by atoms with E-state index in [0.717, 1.165) is 4.90 Å². The number of hydrogen-bond donors (Lipinski definition) is 3. The summed E-state index contributed by atoms with van der Waals surface area (Å²) in [6.45, 7) is -0.656. The number of para-hydroxylation sites is 1. The number of fused-ring (bicyclic) bond motifs is 1. The number of hydrogen-bond acceptors (Lipinski definition) is 6. The molecule has 0 saturated carbocycles. The van der Waals surface area contributed by atoms with Gasteiger partial charge in [-0.05, 0) is 36.4 Å². The summed E-state index contributed by atoms with van der Waals surface area (Å²) in [4.78, 5) is 48.8. The molecule has 4 rings (SSSR count). The fraction of sp³-hybridized carbons (Fsp3) is 0.0870. The highest BCUT2D eigenvalue weighted by atomic mass is 16.6. The van der Waals surface area contributed by atoms with Crippen LogP contribution in [0.25, 0.3) is 0 Å².